The lowest BCUT2D eigenvalue weighted by atomic mass is 9.79. The first-order valence-electron chi connectivity index (χ1n) is 14.5. The van der Waals surface area contributed by atoms with Gasteiger partial charge in [0.25, 0.3) is 0 Å². The van der Waals surface area contributed by atoms with Crippen molar-refractivity contribution in [1.29, 1.82) is 0 Å². The summed E-state index contributed by atoms with van der Waals surface area (Å²) in [6.45, 7) is 2.57. The number of aromatic hydroxyl groups is 1. The molecule has 1 fully saturated rings. The number of benzene rings is 1. The van der Waals surface area contributed by atoms with Gasteiger partial charge >= 0.3 is 0 Å². The SMILES string of the molecule is C[C@@H]1C#Cc2cc(N)ncc2CO[C@H](C[C@H](O)[C@@H]2CCc3c(ccc(O)c3OC3CCCCC3)C2)CCC1. The average Bonchev–Trinajstić information content (AvgIpc) is 2.95. The number of fused-ring (bicyclic) bond motifs is 2. The molecule has 1 saturated carbocycles. The average molecular weight is 519 g/mol. The molecule has 0 spiro atoms. The second-order valence-corrected chi connectivity index (χ2v) is 11.5. The van der Waals surface area contributed by atoms with Gasteiger partial charge in [0.1, 0.15) is 5.82 Å². The van der Waals surface area contributed by atoms with Crippen molar-refractivity contribution in [3.8, 4) is 23.3 Å². The molecule has 3 aliphatic rings. The number of ether oxygens (including phenoxy) is 2. The molecule has 0 saturated heterocycles. The van der Waals surface area contributed by atoms with Crippen molar-refractivity contribution in [1.82, 2.24) is 4.98 Å². The van der Waals surface area contributed by atoms with Crippen molar-refractivity contribution < 1.29 is 19.7 Å². The molecular weight excluding hydrogens is 476 g/mol. The van der Waals surface area contributed by atoms with E-state index in [-0.39, 0.29) is 29.8 Å². The van der Waals surface area contributed by atoms with E-state index in [4.69, 9.17) is 15.2 Å². The zero-order chi connectivity index (χ0) is 26.5. The maximum Gasteiger partial charge on any atom is 0.164 e. The van der Waals surface area contributed by atoms with Crippen LogP contribution in [0.1, 0.15) is 93.4 Å². The van der Waals surface area contributed by atoms with Gasteiger partial charge in [-0.25, -0.2) is 4.98 Å². The third kappa shape index (κ3) is 6.62. The zero-order valence-corrected chi connectivity index (χ0v) is 22.6. The fraction of sp³-hybridized carbons (Fsp3) is 0.594. The first kappa shape index (κ1) is 26.8. The lowest BCUT2D eigenvalue weighted by Gasteiger charge is -2.33. The number of aliphatic hydroxyl groups excluding tert-OH is 1. The van der Waals surface area contributed by atoms with E-state index in [1.807, 2.05) is 12.1 Å². The third-order valence-corrected chi connectivity index (χ3v) is 8.57. The normalized spacial score (nSPS) is 25.2. The highest BCUT2D eigenvalue weighted by atomic mass is 16.5. The van der Waals surface area contributed by atoms with Gasteiger partial charge in [-0.05, 0) is 94.2 Å². The Morgan fingerprint density at radius 2 is 1.95 bits per heavy atom. The summed E-state index contributed by atoms with van der Waals surface area (Å²) in [5.41, 5.74) is 10.0. The number of phenols is 1. The van der Waals surface area contributed by atoms with Gasteiger partial charge < -0.3 is 25.4 Å². The summed E-state index contributed by atoms with van der Waals surface area (Å²) in [5, 5.41) is 21.9. The Kier molecular flexibility index (Phi) is 8.76. The number of nitrogens with zero attached hydrogens (tertiary/aromatic N) is 1. The predicted octanol–water partition coefficient (Wildman–Crippen LogP) is 5.69. The van der Waals surface area contributed by atoms with Crippen LogP contribution in [-0.4, -0.2) is 33.5 Å². The molecule has 0 unspecified atom stereocenters. The van der Waals surface area contributed by atoms with Crippen molar-refractivity contribution in [3.63, 3.8) is 0 Å². The molecule has 2 aliphatic carbocycles. The van der Waals surface area contributed by atoms with Crippen LogP contribution in [0.25, 0.3) is 0 Å². The van der Waals surface area contributed by atoms with Crippen molar-refractivity contribution in [2.75, 3.05) is 5.73 Å². The Morgan fingerprint density at radius 3 is 2.79 bits per heavy atom. The van der Waals surface area contributed by atoms with Gasteiger partial charge in [-0.1, -0.05) is 31.3 Å². The Balaban J connectivity index is 1.24. The van der Waals surface area contributed by atoms with E-state index < -0.39 is 6.10 Å². The standard InChI is InChI=1S/C32H42N2O4/c1-21-6-5-9-27(37-20-25-19-34-31(33)17-22(25)11-10-21)18-30(36)24-12-14-28-23(16-24)13-15-29(35)32(28)38-26-7-3-2-4-8-26/h13,15,17,19,21,24,26-27,30,35-36H,2-9,12,14,16,18,20H2,1H3,(H2,33,34)/t21-,24+,27-,30-/m0/s1. The zero-order valence-electron chi connectivity index (χ0n) is 22.6. The Bertz CT molecular complexity index is 1160. The molecule has 2 aromatic rings. The molecule has 4 atom stereocenters. The van der Waals surface area contributed by atoms with E-state index in [0.717, 1.165) is 68.1 Å². The van der Waals surface area contributed by atoms with Crippen LogP contribution >= 0.6 is 0 Å². The first-order valence-corrected chi connectivity index (χ1v) is 14.5. The molecule has 38 heavy (non-hydrogen) atoms. The minimum atomic E-state index is -0.451. The summed E-state index contributed by atoms with van der Waals surface area (Å²) in [7, 11) is 0. The number of rotatable bonds is 5. The van der Waals surface area contributed by atoms with Crippen molar-refractivity contribution >= 4 is 5.82 Å². The molecule has 204 valence electrons. The quantitative estimate of drug-likeness (QED) is 0.440. The maximum absolute atomic E-state index is 11.3. The molecule has 6 heteroatoms. The molecule has 0 radical (unpaired) electrons. The van der Waals surface area contributed by atoms with Crippen molar-refractivity contribution in [2.45, 2.75) is 109 Å². The molecular formula is C32H42N2O4. The number of aromatic nitrogens is 1. The minimum Gasteiger partial charge on any atom is -0.504 e. The highest BCUT2D eigenvalue weighted by Crippen LogP contribution is 2.41. The molecule has 1 aliphatic heterocycles. The van der Waals surface area contributed by atoms with Crippen LogP contribution in [0.2, 0.25) is 0 Å². The minimum absolute atomic E-state index is 0.0351. The number of phenolic OH excluding ortho intramolecular Hbond substituents is 1. The Labute approximate surface area is 227 Å². The van der Waals surface area contributed by atoms with Crippen LogP contribution < -0.4 is 10.5 Å². The topological polar surface area (TPSA) is 97.8 Å². The number of nitrogens with two attached hydrogens (primary N) is 1. The highest BCUT2D eigenvalue weighted by Gasteiger charge is 2.31. The van der Waals surface area contributed by atoms with Crippen LogP contribution in [0.5, 0.6) is 11.5 Å². The summed E-state index contributed by atoms with van der Waals surface area (Å²) in [5.74, 6) is 8.46. The van der Waals surface area contributed by atoms with Gasteiger partial charge in [-0.3, -0.25) is 0 Å². The van der Waals surface area contributed by atoms with Gasteiger partial charge in [0.2, 0.25) is 0 Å². The fourth-order valence-electron chi connectivity index (χ4n) is 6.24. The third-order valence-electron chi connectivity index (χ3n) is 8.57. The van der Waals surface area contributed by atoms with Gasteiger partial charge in [-0.15, -0.1) is 0 Å². The largest absolute Gasteiger partial charge is 0.504 e. The number of nitrogen functional groups attached to an aromatic ring is 1. The molecule has 1 aromatic heterocycles. The van der Waals surface area contributed by atoms with Gasteiger partial charge in [-0.2, -0.15) is 0 Å². The van der Waals surface area contributed by atoms with E-state index in [0.29, 0.717) is 24.6 Å². The number of hydrogen-bond acceptors (Lipinski definition) is 6. The highest BCUT2D eigenvalue weighted by molar-refractivity contribution is 5.51. The molecule has 0 bridgehead atoms. The molecule has 0 amide bonds. The van der Waals surface area contributed by atoms with Crippen molar-refractivity contribution in [3.05, 3.63) is 46.6 Å². The Morgan fingerprint density at radius 1 is 1.11 bits per heavy atom. The van der Waals surface area contributed by atoms with Crippen LogP contribution in [0, 0.1) is 23.7 Å². The molecule has 1 aromatic carbocycles. The summed E-state index contributed by atoms with van der Waals surface area (Å²) in [4.78, 5) is 4.24. The second-order valence-electron chi connectivity index (χ2n) is 11.5. The van der Waals surface area contributed by atoms with Crippen LogP contribution in [0.15, 0.2) is 24.4 Å². The predicted molar refractivity (Wildman–Crippen MR) is 149 cm³/mol. The number of pyridine rings is 1. The second kappa shape index (κ2) is 12.4. The van der Waals surface area contributed by atoms with Crippen LogP contribution in [0.3, 0.4) is 0 Å². The lowest BCUT2D eigenvalue weighted by molar-refractivity contribution is -0.0186. The smallest absolute Gasteiger partial charge is 0.164 e. The van der Waals surface area contributed by atoms with Crippen LogP contribution in [0.4, 0.5) is 5.82 Å². The molecule has 4 N–H and O–H groups in total. The van der Waals surface area contributed by atoms with E-state index in [1.54, 1.807) is 12.3 Å². The van der Waals surface area contributed by atoms with Gasteiger partial charge in [0.15, 0.2) is 11.5 Å². The number of hydrogen-bond donors (Lipinski definition) is 3. The summed E-state index contributed by atoms with van der Waals surface area (Å²) >= 11 is 0. The first-order chi connectivity index (χ1) is 18.5. The monoisotopic (exact) mass is 518 g/mol. The number of anilines is 1. The van der Waals surface area contributed by atoms with E-state index in [9.17, 15) is 10.2 Å². The summed E-state index contributed by atoms with van der Waals surface area (Å²) in [6.07, 6.45) is 13.3. The van der Waals surface area contributed by atoms with Gasteiger partial charge in [0.05, 0.1) is 24.9 Å². The lowest BCUT2D eigenvalue weighted by Crippen LogP contribution is -2.31. The van der Waals surface area contributed by atoms with Crippen molar-refractivity contribution in [2.24, 2.45) is 11.8 Å². The summed E-state index contributed by atoms with van der Waals surface area (Å²) < 4.78 is 12.7. The number of aliphatic hydroxyl groups is 1. The summed E-state index contributed by atoms with van der Waals surface area (Å²) in [6, 6.07) is 5.60. The van der Waals surface area contributed by atoms with E-state index in [2.05, 4.69) is 23.7 Å². The maximum atomic E-state index is 11.3. The van der Waals surface area contributed by atoms with Crippen LogP contribution in [-0.2, 0) is 24.2 Å². The molecule has 5 rings (SSSR count). The molecule has 2 heterocycles. The Hall–Kier alpha value is -2.75. The molecule has 6 nitrogen and oxygen atoms in total. The van der Waals surface area contributed by atoms with E-state index >= 15 is 0 Å². The fourth-order valence-corrected chi connectivity index (χ4v) is 6.24. The van der Waals surface area contributed by atoms with Gasteiger partial charge in [0, 0.05) is 28.8 Å². The van der Waals surface area contributed by atoms with E-state index in [1.165, 1.54) is 24.8 Å².